The maximum Gasteiger partial charge on any atom is 0.0579 e. The minimum absolute atomic E-state index is 0.437. The van der Waals surface area contributed by atoms with E-state index >= 15 is 0 Å². The zero-order valence-corrected chi connectivity index (χ0v) is 14.6. The van der Waals surface area contributed by atoms with Gasteiger partial charge in [-0.3, -0.25) is 0 Å². The Morgan fingerprint density at radius 2 is 1.08 bits per heavy atom. The van der Waals surface area contributed by atoms with E-state index in [-0.39, 0.29) is 0 Å². The average molecular weight is 326 g/mol. The van der Waals surface area contributed by atoms with Crippen LogP contribution in [0.3, 0.4) is 0 Å². The highest BCUT2D eigenvalue weighted by Crippen LogP contribution is 2.29. The molecule has 0 bridgehead atoms. The minimum atomic E-state index is 0.437. The largest absolute Gasteiger partial charge is 0.375 e. The van der Waals surface area contributed by atoms with E-state index in [2.05, 4.69) is 65.1 Å². The maximum atomic E-state index is 6.26. The number of hydrogen-bond donors (Lipinski definition) is 0. The molecule has 0 amide bonds. The third-order valence-corrected chi connectivity index (χ3v) is 4.46. The summed E-state index contributed by atoms with van der Waals surface area (Å²) in [5.74, 6) is 29.3. The van der Waals surface area contributed by atoms with Gasteiger partial charge in [-0.2, -0.15) is 0 Å². The molecule has 0 atom stereocenters. The summed E-state index contributed by atoms with van der Waals surface area (Å²) >= 11 is 0. The third kappa shape index (κ3) is 8.11. The van der Waals surface area contributed by atoms with E-state index < -0.39 is 0 Å². The molecule has 2 aliphatic carbocycles. The topological polar surface area (TPSA) is 9.23 Å². The van der Waals surface area contributed by atoms with Gasteiger partial charge in [-0.1, -0.05) is 25.2 Å². The summed E-state index contributed by atoms with van der Waals surface area (Å²) in [6.07, 6.45) is 16.9. The predicted octanol–water partition coefficient (Wildman–Crippen LogP) is 3.54. The maximum absolute atomic E-state index is 6.26. The summed E-state index contributed by atoms with van der Waals surface area (Å²) in [7, 11) is 0. The number of hydrogen-bond acceptors (Lipinski definition) is 1. The molecule has 2 rings (SSSR count). The quantitative estimate of drug-likeness (QED) is 0.705. The first-order valence-electron chi connectivity index (χ1n) is 9.00. The second-order valence-corrected chi connectivity index (χ2v) is 6.28. The predicted molar refractivity (Wildman–Crippen MR) is 101 cm³/mol. The molecule has 0 aromatic rings. The van der Waals surface area contributed by atoms with Gasteiger partial charge in [0.25, 0.3) is 0 Å². The van der Waals surface area contributed by atoms with Gasteiger partial charge in [0, 0.05) is 5.92 Å². The number of ether oxygens (including phenoxy) is 1. The lowest BCUT2D eigenvalue weighted by Gasteiger charge is -2.31. The highest BCUT2D eigenvalue weighted by atomic mass is 16.5. The van der Waals surface area contributed by atoms with E-state index in [1.54, 1.807) is 0 Å². The molecular weight excluding hydrogens is 304 g/mol. The van der Waals surface area contributed by atoms with Crippen molar-refractivity contribution in [3.8, 4) is 71.5 Å². The summed E-state index contributed by atoms with van der Waals surface area (Å²) in [4.78, 5) is 0. The summed E-state index contributed by atoms with van der Waals surface area (Å²) < 4.78 is 6.26. The van der Waals surface area contributed by atoms with E-state index in [9.17, 15) is 0 Å². The fraction of sp³-hybridized carbons (Fsp3) is 0.500. The SMILES string of the molecule is C#CC#CC#CC#CC#CC#CC1CCC(OC2CCCCC2)CC1. The van der Waals surface area contributed by atoms with Crippen molar-refractivity contribution in [2.24, 2.45) is 5.92 Å². The van der Waals surface area contributed by atoms with Crippen LogP contribution in [-0.2, 0) is 4.74 Å². The average Bonchev–Trinajstić information content (AvgIpc) is 2.65. The van der Waals surface area contributed by atoms with Crippen LogP contribution in [0.5, 0.6) is 0 Å². The molecule has 25 heavy (non-hydrogen) atoms. The van der Waals surface area contributed by atoms with Crippen molar-refractivity contribution in [1.82, 2.24) is 0 Å². The second-order valence-electron chi connectivity index (χ2n) is 6.28. The molecule has 2 saturated carbocycles. The molecule has 2 fully saturated rings. The Balaban J connectivity index is 1.68. The lowest BCUT2D eigenvalue weighted by Crippen LogP contribution is -2.27. The van der Waals surface area contributed by atoms with Gasteiger partial charge in [0.1, 0.15) is 0 Å². The summed E-state index contributed by atoms with van der Waals surface area (Å²) in [6.45, 7) is 0. The van der Waals surface area contributed by atoms with Gasteiger partial charge in [-0.05, 0) is 97.7 Å². The van der Waals surface area contributed by atoms with Crippen LogP contribution in [-0.4, -0.2) is 12.2 Å². The number of terminal acetylenes is 1. The second kappa shape index (κ2) is 11.8. The summed E-state index contributed by atoms with van der Waals surface area (Å²) in [5.41, 5.74) is 0. The van der Waals surface area contributed by atoms with Crippen molar-refractivity contribution < 1.29 is 4.74 Å². The third-order valence-electron chi connectivity index (χ3n) is 4.46. The monoisotopic (exact) mass is 326 g/mol. The van der Waals surface area contributed by atoms with Gasteiger partial charge in [-0.25, -0.2) is 0 Å². The molecule has 1 heteroatoms. The van der Waals surface area contributed by atoms with E-state index in [0.29, 0.717) is 18.1 Å². The first-order valence-corrected chi connectivity index (χ1v) is 9.00. The van der Waals surface area contributed by atoms with E-state index in [4.69, 9.17) is 11.2 Å². The van der Waals surface area contributed by atoms with Crippen molar-refractivity contribution >= 4 is 0 Å². The Morgan fingerprint density at radius 1 is 0.560 bits per heavy atom. The van der Waals surface area contributed by atoms with Crippen LogP contribution in [0.25, 0.3) is 0 Å². The van der Waals surface area contributed by atoms with Crippen LogP contribution in [0.1, 0.15) is 57.8 Å². The van der Waals surface area contributed by atoms with Crippen molar-refractivity contribution in [3.63, 3.8) is 0 Å². The normalized spacial score (nSPS) is 21.7. The van der Waals surface area contributed by atoms with Crippen LogP contribution in [0, 0.1) is 77.5 Å². The summed E-state index contributed by atoms with van der Waals surface area (Å²) in [5, 5.41) is 0. The molecule has 0 spiro atoms. The van der Waals surface area contributed by atoms with Crippen molar-refractivity contribution in [1.29, 1.82) is 0 Å². The molecule has 0 N–H and O–H groups in total. The fourth-order valence-electron chi connectivity index (χ4n) is 3.21. The van der Waals surface area contributed by atoms with E-state index in [0.717, 1.165) is 25.7 Å². The lowest BCUT2D eigenvalue weighted by molar-refractivity contribution is -0.0481. The Labute approximate surface area is 152 Å². The first-order chi connectivity index (χ1) is 12.4. The van der Waals surface area contributed by atoms with Crippen molar-refractivity contribution in [2.75, 3.05) is 0 Å². The molecule has 0 heterocycles. The van der Waals surface area contributed by atoms with Gasteiger partial charge < -0.3 is 4.74 Å². The van der Waals surface area contributed by atoms with Crippen LogP contribution >= 0.6 is 0 Å². The van der Waals surface area contributed by atoms with E-state index in [1.807, 2.05) is 0 Å². The molecule has 124 valence electrons. The Kier molecular flexibility index (Phi) is 8.80. The van der Waals surface area contributed by atoms with Crippen LogP contribution in [0.2, 0.25) is 0 Å². The van der Waals surface area contributed by atoms with Gasteiger partial charge in [0.2, 0.25) is 0 Å². The highest BCUT2D eigenvalue weighted by Gasteiger charge is 2.24. The Morgan fingerprint density at radius 3 is 1.68 bits per heavy atom. The fourth-order valence-corrected chi connectivity index (χ4v) is 3.21. The molecule has 1 nitrogen and oxygen atoms in total. The standard InChI is InChI=1S/C24H22O/c1-2-3-4-5-6-7-8-9-10-12-15-22-18-20-24(21-19-22)25-23-16-13-11-14-17-23/h1,22-24H,11,13-14,16-21H2. The van der Waals surface area contributed by atoms with Gasteiger partial charge >= 0.3 is 0 Å². The molecule has 0 aromatic carbocycles. The van der Waals surface area contributed by atoms with Gasteiger partial charge in [0.05, 0.1) is 12.2 Å². The molecular formula is C24H22O. The molecule has 0 unspecified atom stereocenters. The molecule has 0 aliphatic heterocycles. The Hall–Kier alpha value is -2.68. The van der Waals surface area contributed by atoms with Crippen molar-refractivity contribution in [2.45, 2.75) is 70.0 Å². The van der Waals surface area contributed by atoms with Crippen molar-refractivity contribution in [3.05, 3.63) is 0 Å². The van der Waals surface area contributed by atoms with Gasteiger partial charge in [0.15, 0.2) is 0 Å². The zero-order chi connectivity index (χ0) is 17.6. The molecule has 0 saturated heterocycles. The molecule has 0 radical (unpaired) electrons. The number of rotatable bonds is 2. The minimum Gasteiger partial charge on any atom is -0.375 e. The smallest absolute Gasteiger partial charge is 0.0579 e. The lowest BCUT2D eigenvalue weighted by atomic mass is 9.87. The summed E-state index contributed by atoms with van der Waals surface area (Å²) in [6, 6.07) is 0. The molecule has 0 aromatic heterocycles. The van der Waals surface area contributed by atoms with Gasteiger partial charge in [-0.15, -0.1) is 6.42 Å². The van der Waals surface area contributed by atoms with Crippen LogP contribution < -0.4 is 0 Å². The first kappa shape index (κ1) is 18.7. The molecule has 2 aliphatic rings. The highest BCUT2D eigenvalue weighted by molar-refractivity contribution is 5.43. The van der Waals surface area contributed by atoms with E-state index in [1.165, 1.54) is 32.1 Å². The van der Waals surface area contributed by atoms with Crippen LogP contribution in [0.15, 0.2) is 0 Å². The zero-order valence-electron chi connectivity index (χ0n) is 14.6. The van der Waals surface area contributed by atoms with Crippen LogP contribution in [0.4, 0.5) is 0 Å². The Bertz CT molecular complexity index is 769.